The van der Waals surface area contributed by atoms with Crippen LogP contribution in [0.15, 0.2) is 71.1 Å². The molecule has 0 aliphatic carbocycles. The summed E-state index contributed by atoms with van der Waals surface area (Å²) in [5.74, 6) is -0.760. The Hall–Kier alpha value is -2.93. The van der Waals surface area contributed by atoms with Crippen LogP contribution in [0.2, 0.25) is 0 Å². The summed E-state index contributed by atoms with van der Waals surface area (Å²) in [7, 11) is 0. The highest BCUT2D eigenvalue weighted by molar-refractivity contribution is 8.00. The first kappa shape index (κ1) is 18.8. The molecule has 0 aliphatic rings. The molecule has 1 amide bonds. The van der Waals surface area contributed by atoms with Crippen molar-refractivity contribution in [1.82, 2.24) is 14.9 Å². The van der Waals surface area contributed by atoms with Gasteiger partial charge in [0.25, 0.3) is 5.56 Å². The molecule has 5 nitrogen and oxygen atoms in total. The van der Waals surface area contributed by atoms with E-state index in [1.54, 1.807) is 49.4 Å². The number of fused-ring (bicyclic) bond motifs is 1. The zero-order chi connectivity index (χ0) is 19.4. The number of para-hydroxylation sites is 2. The molecule has 0 spiro atoms. The minimum absolute atomic E-state index is 0.0990. The minimum atomic E-state index is -0.540. The molecule has 1 heterocycles. The van der Waals surface area contributed by atoms with E-state index < -0.39 is 11.1 Å². The first-order chi connectivity index (χ1) is 13.0. The van der Waals surface area contributed by atoms with Crippen LogP contribution in [0.5, 0.6) is 0 Å². The summed E-state index contributed by atoms with van der Waals surface area (Å²) in [4.78, 5) is 29.8. The number of carbonyl (C=O) groups excluding carboxylic acids is 1. The predicted octanol–water partition coefficient (Wildman–Crippen LogP) is 3.31. The lowest BCUT2D eigenvalue weighted by molar-refractivity contribution is -0.120. The van der Waals surface area contributed by atoms with Gasteiger partial charge < -0.3 is 5.32 Å². The van der Waals surface area contributed by atoms with Gasteiger partial charge in [-0.2, -0.15) is 0 Å². The fraction of sp³-hybridized carbons (Fsp3) is 0.150. The highest BCUT2D eigenvalue weighted by Crippen LogP contribution is 2.26. The predicted molar refractivity (Wildman–Crippen MR) is 106 cm³/mol. The monoisotopic (exact) mass is 383 g/mol. The van der Waals surface area contributed by atoms with Crippen molar-refractivity contribution in [2.24, 2.45) is 0 Å². The number of amides is 1. The molecule has 0 bridgehead atoms. The zero-order valence-electron chi connectivity index (χ0n) is 14.7. The third-order valence-electron chi connectivity index (χ3n) is 3.91. The lowest BCUT2D eigenvalue weighted by Gasteiger charge is -2.16. The first-order valence-electron chi connectivity index (χ1n) is 8.35. The minimum Gasteiger partial charge on any atom is -0.352 e. The number of aromatic nitrogens is 2. The molecule has 0 saturated carbocycles. The van der Waals surface area contributed by atoms with Gasteiger partial charge in [-0.3, -0.25) is 14.2 Å². The van der Waals surface area contributed by atoms with Gasteiger partial charge in [0.15, 0.2) is 5.16 Å². The molecule has 0 radical (unpaired) electrons. The van der Waals surface area contributed by atoms with Crippen LogP contribution in [0.25, 0.3) is 16.6 Å². The van der Waals surface area contributed by atoms with Crippen LogP contribution in [0.1, 0.15) is 6.92 Å². The van der Waals surface area contributed by atoms with Crippen molar-refractivity contribution >= 4 is 28.6 Å². The molecule has 1 aromatic heterocycles. The molecule has 1 atom stereocenters. The summed E-state index contributed by atoms with van der Waals surface area (Å²) in [6, 6.07) is 12.9. The number of hydrogen-bond acceptors (Lipinski definition) is 4. The molecular weight excluding hydrogens is 365 g/mol. The van der Waals surface area contributed by atoms with Crippen molar-refractivity contribution in [3.05, 3.63) is 77.4 Å². The maximum absolute atomic E-state index is 14.4. The van der Waals surface area contributed by atoms with E-state index in [1.165, 1.54) is 16.7 Å². The van der Waals surface area contributed by atoms with Crippen molar-refractivity contribution < 1.29 is 9.18 Å². The lowest BCUT2D eigenvalue weighted by atomic mass is 10.2. The van der Waals surface area contributed by atoms with Crippen LogP contribution in [0, 0.1) is 5.82 Å². The Kier molecular flexibility index (Phi) is 5.71. The average molecular weight is 383 g/mol. The van der Waals surface area contributed by atoms with Crippen molar-refractivity contribution in [2.75, 3.05) is 6.54 Å². The second-order valence-corrected chi connectivity index (χ2v) is 7.11. The Morgan fingerprint density at radius 1 is 1.30 bits per heavy atom. The summed E-state index contributed by atoms with van der Waals surface area (Å²) in [6.45, 7) is 5.61. The molecule has 27 heavy (non-hydrogen) atoms. The van der Waals surface area contributed by atoms with Gasteiger partial charge in [0.05, 0.1) is 21.8 Å². The van der Waals surface area contributed by atoms with Crippen LogP contribution >= 0.6 is 11.8 Å². The maximum atomic E-state index is 14.4. The van der Waals surface area contributed by atoms with Gasteiger partial charge in [0, 0.05) is 6.54 Å². The number of rotatable bonds is 6. The lowest BCUT2D eigenvalue weighted by Crippen LogP contribution is -2.32. The second-order valence-electron chi connectivity index (χ2n) is 5.80. The smallest absolute Gasteiger partial charge is 0.266 e. The SMILES string of the molecule is C=CCNC(=O)[C@@H](C)Sc1nc2ccccc2c(=O)n1-c1ccccc1F. The highest BCUT2D eigenvalue weighted by Gasteiger charge is 2.21. The number of nitrogens with one attached hydrogen (secondary N) is 1. The fourth-order valence-corrected chi connectivity index (χ4v) is 3.51. The summed E-state index contributed by atoms with van der Waals surface area (Å²) >= 11 is 1.10. The van der Waals surface area contributed by atoms with Crippen molar-refractivity contribution in [3.63, 3.8) is 0 Å². The van der Waals surface area contributed by atoms with E-state index in [4.69, 9.17) is 0 Å². The van der Waals surface area contributed by atoms with Gasteiger partial charge in [-0.1, -0.05) is 42.1 Å². The molecule has 3 rings (SSSR count). The highest BCUT2D eigenvalue weighted by atomic mass is 32.2. The number of thioether (sulfide) groups is 1. The van der Waals surface area contributed by atoms with Gasteiger partial charge >= 0.3 is 0 Å². The summed E-state index contributed by atoms with van der Waals surface area (Å²) in [5, 5.41) is 2.81. The molecular formula is C20H18FN3O2S. The van der Waals surface area contributed by atoms with Crippen LogP contribution in [-0.2, 0) is 4.79 Å². The van der Waals surface area contributed by atoms with Gasteiger partial charge in [-0.15, -0.1) is 6.58 Å². The van der Waals surface area contributed by atoms with Crippen LogP contribution in [0.3, 0.4) is 0 Å². The van der Waals surface area contributed by atoms with Crippen molar-refractivity contribution in [2.45, 2.75) is 17.3 Å². The van der Waals surface area contributed by atoms with E-state index in [0.717, 1.165) is 11.8 Å². The third kappa shape index (κ3) is 3.93. The number of carbonyl (C=O) groups is 1. The Morgan fingerprint density at radius 2 is 2.00 bits per heavy atom. The molecule has 0 aliphatic heterocycles. The van der Waals surface area contributed by atoms with E-state index in [9.17, 15) is 14.0 Å². The summed E-state index contributed by atoms with van der Waals surface area (Å²) in [5.41, 5.74) is 0.213. The summed E-state index contributed by atoms with van der Waals surface area (Å²) in [6.07, 6.45) is 1.58. The number of benzene rings is 2. The van der Waals surface area contributed by atoms with Crippen molar-refractivity contribution in [1.29, 1.82) is 0 Å². The van der Waals surface area contributed by atoms with E-state index in [2.05, 4.69) is 16.9 Å². The second kappa shape index (κ2) is 8.18. The molecule has 1 N–H and O–H groups in total. The molecule has 2 aromatic carbocycles. The van der Waals surface area contributed by atoms with Gasteiger partial charge in [-0.25, -0.2) is 9.37 Å². The number of nitrogens with zero attached hydrogens (tertiary/aromatic N) is 2. The number of halogens is 1. The van der Waals surface area contributed by atoms with E-state index in [0.29, 0.717) is 17.4 Å². The molecule has 0 unspecified atom stereocenters. The molecule has 0 fully saturated rings. The molecule has 7 heteroatoms. The van der Waals surface area contributed by atoms with Crippen LogP contribution < -0.4 is 10.9 Å². The topological polar surface area (TPSA) is 64.0 Å². The van der Waals surface area contributed by atoms with Gasteiger partial charge in [-0.05, 0) is 31.2 Å². The van der Waals surface area contributed by atoms with E-state index >= 15 is 0 Å². The van der Waals surface area contributed by atoms with Gasteiger partial charge in [0.2, 0.25) is 5.91 Å². The molecule has 138 valence electrons. The third-order valence-corrected chi connectivity index (χ3v) is 4.96. The van der Waals surface area contributed by atoms with Crippen LogP contribution in [0.4, 0.5) is 4.39 Å². The normalized spacial score (nSPS) is 11.9. The molecule has 0 saturated heterocycles. The summed E-state index contributed by atoms with van der Waals surface area (Å²) < 4.78 is 15.6. The van der Waals surface area contributed by atoms with Crippen LogP contribution in [-0.4, -0.2) is 27.3 Å². The first-order valence-corrected chi connectivity index (χ1v) is 9.23. The Labute approximate surface area is 159 Å². The standard InChI is InChI=1S/C20H18FN3O2S/c1-3-12-22-18(25)13(2)27-20-23-16-10-6-4-8-14(16)19(26)24(20)17-11-7-5-9-15(17)21/h3-11,13H,1,12H2,2H3,(H,22,25)/t13-/m1/s1. The molecule has 3 aromatic rings. The fourth-order valence-electron chi connectivity index (χ4n) is 2.57. The largest absolute Gasteiger partial charge is 0.352 e. The van der Waals surface area contributed by atoms with Crippen molar-refractivity contribution in [3.8, 4) is 5.69 Å². The number of hydrogen-bond donors (Lipinski definition) is 1. The quantitative estimate of drug-likeness (QED) is 0.403. The Morgan fingerprint density at radius 3 is 2.74 bits per heavy atom. The maximum Gasteiger partial charge on any atom is 0.266 e. The van der Waals surface area contributed by atoms with E-state index in [-0.39, 0.29) is 22.3 Å². The zero-order valence-corrected chi connectivity index (χ0v) is 15.5. The Bertz CT molecular complexity index is 1060. The Balaban J connectivity index is 2.14. The van der Waals surface area contributed by atoms with Gasteiger partial charge in [0.1, 0.15) is 5.82 Å². The van der Waals surface area contributed by atoms with E-state index in [1.807, 2.05) is 0 Å². The average Bonchev–Trinajstić information content (AvgIpc) is 2.67.